The maximum absolute atomic E-state index is 11.9. The van der Waals surface area contributed by atoms with Crippen LogP contribution in [0.15, 0.2) is 28.1 Å². The van der Waals surface area contributed by atoms with Gasteiger partial charge in [-0.15, -0.1) is 22.7 Å². The van der Waals surface area contributed by atoms with Crippen molar-refractivity contribution in [1.29, 1.82) is 0 Å². The van der Waals surface area contributed by atoms with Gasteiger partial charge in [-0.25, -0.2) is 4.98 Å². The van der Waals surface area contributed by atoms with Crippen LogP contribution in [0.1, 0.15) is 21.1 Å². The lowest BCUT2D eigenvalue weighted by molar-refractivity contribution is 0.101. The summed E-state index contributed by atoms with van der Waals surface area (Å²) >= 11 is 3.07. The highest BCUT2D eigenvalue weighted by Gasteiger charge is 2.13. The number of hydrogen-bond donors (Lipinski definition) is 1. The zero-order valence-corrected chi connectivity index (χ0v) is 12.5. The summed E-state index contributed by atoms with van der Waals surface area (Å²) in [6.45, 7) is 3.79. The van der Waals surface area contributed by atoms with E-state index in [1.165, 1.54) is 16.2 Å². The molecular formula is C13H11N3O2S2. The highest BCUT2D eigenvalue weighted by atomic mass is 32.1. The third kappa shape index (κ3) is 2.63. The molecule has 0 aromatic carbocycles. The maximum atomic E-state index is 11.9. The summed E-state index contributed by atoms with van der Waals surface area (Å²) in [6.07, 6.45) is 0. The molecule has 7 heteroatoms. The molecule has 0 bridgehead atoms. The summed E-state index contributed by atoms with van der Waals surface area (Å²) in [5.74, 6) is 0.286. The van der Waals surface area contributed by atoms with Gasteiger partial charge >= 0.3 is 0 Å². The highest BCUT2D eigenvalue weighted by Crippen LogP contribution is 2.30. The van der Waals surface area contributed by atoms with Gasteiger partial charge in [0.25, 0.3) is 5.91 Å². The number of anilines is 1. The Morgan fingerprint density at radius 3 is 2.85 bits per heavy atom. The second-order valence-corrected chi connectivity index (χ2v) is 6.37. The van der Waals surface area contributed by atoms with Crippen LogP contribution in [-0.4, -0.2) is 16.0 Å². The first kappa shape index (κ1) is 13.0. The summed E-state index contributed by atoms with van der Waals surface area (Å²) < 4.78 is 4.87. The third-order valence-corrected chi connectivity index (χ3v) is 4.36. The number of amides is 1. The highest BCUT2D eigenvalue weighted by molar-refractivity contribution is 7.17. The van der Waals surface area contributed by atoms with Gasteiger partial charge in [-0.05, 0) is 26.0 Å². The summed E-state index contributed by atoms with van der Waals surface area (Å²) in [5.41, 5.74) is 1.13. The van der Waals surface area contributed by atoms with Crippen LogP contribution in [0.4, 0.5) is 5.13 Å². The third-order valence-electron chi connectivity index (χ3n) is 2.58. The van der Waals surface area contributed by atoms with Gasteiger partial charge in [-0.3, -0.25) is 10.1 Å². The topological polar surface area (TPSA) is 68.0 Å². The van der Waals surface area contributed by atoms with Crippen LogP contribution in [0.3, 0.4) is 0 Å². The second-order valence-electron chi connectivity index (χ2n) is 4.23. The molecule has 0 aliphatic rings. The Kier molecular flexibility index (Phi) is 3.37. The molecular weight excluding hydrogens is 294 g/mol. The van der Waals surface area contributed by atoms with Crippen LogP contribution in [0, 0.1) is 13.8 Å². The van der Waals surface area contributed by atoms with Gasteiger partial charge in [-0.2, -0.15) is 0 Å². The van der Waals surface area contributed by atoms with Crippen LogP contribution in [0.2, 0.25) is 0 Å². The van der Waals surface area contributed by atoms with Crippen LogP contribution in [0.5, 0.6) is 0 Å². The zero-order valence-electron chi connectivity index (χ0n) is 10.8. The molecule has 0 fully saturated rings. The largest absolute Gasteiger partial charge is 0.361 e. The van der Waals surface area contributed by atoms with E-state index in [4.69, 9.17) is 4.52 Å². The molecule has 3 heterocycles. The minimum atomic E-state index is -0.315. The molecule has 0 spiro atoms. The summed E-state index contributed by atoms with van der Waals surface area (Å²) in [7, 11) is 0. The number of carbonyl (C=O) groups is 1. The van der Waals surface area contributed by atoms with Crippen molar-refractivity contribution < 1.29 is 9.32 Å². The molecule has 0 radical (unpaired) electrons. The SMILES string of the molecule is Cc1cc(C(=O)Nc2nc(-c3ccc(C)s3)cs2)no1. The summed E-state index contributed by atoms with van der Waals surface area (Å²) in [4.78, 5) is 18.6. The lowest BCUT2D eigenvalue weighted by Gasteiger charge is -1.96. The van der Waals surface area contributed by atoms with Crippen LogP contribution < -0.4 is 5.32 Å². The normalized spacial score (nSPS) is 10.7. The molecule has 1 amide bonds. The van der Waals surface area contributed by atoms with Gasteiger partial charge in [0.05, 0.1) is 10.6 Å². The summed E-state index contributed by atoms with van der Waals surface area (Å²) in [5, 5.41) is 8.87. The van der Waals surface area contributed by atoms with Gasteiger partial charge < -0.3 is 4.52 Å². The van der Waals surface area contributed by atoms with E-state index in [-0.39, 0.29) is 11.6 Å². The minimum Gasteiger partial charge on any atom is -0.361 e. The van der Waals surface area contributed by atoms with Gasteiger partial charge in [0.15, 0.2) is 10.8 Å². The van der Waals surface area contributed by atoms with E-state index in [1.807, 2.05) is 11.4 Å². The van der Waals surface area contributed by atoms with E-state index >= 15 is 0 Å². The molecule has 20 heavy (non-hydrogen) atoms. The molecule has 3 aromatic rings. The van der Waals surface area contributed by atoms with Gasteiger partial charge in [-0.1, -0.05) is 5.16 Å². The number of thiazole rings is 1. The molecule has 0 unspecified atom stereocenters. The molecule has 5 nitrogen and oxygen atoms in total. The molecule has 3 rings (SSSR count). The molecule has 0 atom stereocenters. The van der Waals surface area contributed by atoms with Crippen LogP contribution in [-0.2, 0) is 0 Å². The average Bonchev–Trinajstić information content (AvgIpc) is 3.10. The standard InChI is InChI=1S/C13H11N3O2S2/c1-7-5-9(16-18-7)12(17)15-13-14-10(6-19-13)11-4-3-8(2)20-11/h3-6H,1-2H3,(H,14,15,17). The van der Waals surface area contributed by atoms with E-state index in [9.17, 15) is 4.79 Å². The van der Waals surface area contributed by atoms with E-state index in [1.54, 1.807) is 24.3 Å². The van der Waals surface area contributed by atoms with Gasteiger partial charge in [0, 0.05) is 16.3 Å². The fraction of sp³-hybridized carbons (Fsp3) is 0.154. The Hall–Kier alpha value is -1.99. The number of carbonyl (C=O) groups excluding carboxylic acids is 1. The van der Waals surface area contributed by atoms with E-state index in [0.717, 1.165) is 10.6 Å². The molecule has 3 aromatic heterocycles. The Balaban J connectivity index is 1.76. The molecule has 0 aliphatic heterocycles. The Bertz CT molecular complexity index is 757. The number of aryl methyl sites for hydroxylation is 2. The van der Waals surface area contributed by atoms with Crippen molar-refractivity contribution in [2.45, 2.75) is 13.8 Å². The van der Waals surface area contributed by atoms with Crippen molar-refractivity contribution in [1.82, 2.24) is 10.1 Å². The van der Waals surface area contributed by atoms with E-state index in [0.29, 0.717) is 10.9 Å². The minimum absolute atomic E-state index is 0.256. The molecule has 1 N–H and O–H groups in total. The molecule has 0 saturated carbocycles. The Labute approximate surface area is 123 Å². The zero-order chi connectivity index (χ0) is 14.1. The van der Waals surface area contributed by atoms with Crippen molar-refractivity contribution in [2.24, 2.45) is 0 Å². The maximum Gasteiger partial charge on any atom is 0.279 e. The average molecular weight is 305 g/mol. The quantitative estimate of drug-likeness (QED) is 0.800. The number of nitrogens with one attached hydrogen (secondary N) is 1. The van der Waals surface area contributed by atoms with Crippen molar-refractivity contribution in [2.75, 3.05) is 5.32 Å². The monoisotopic (exact) mass is 305 g/mol. The number of thiophene rings is 1. The first-order chi connectivity index (χ1) is 9.61. The van der Waals surface area contributed by atoms with Gasteiger partial charge in [0.1, 0.15) is 5.76 Å². The number of aromatic nitrogens is 2. The Morgan fingerprint density at radius 1 is 1.35 bits per heavy atom. The van der Waals surface area contributed by atoms with E-state index in [2.05, 4.69) is 28.4 Å². The smallest absolute Gasteiger partial charge is 0.279 e. The lowest BCUT2D eigenvalue weighted by atomic mass is 10.3. The number of nitrogens with zero attached hydrogens (tertiary/aromatic N) is 2. The second kappa shape index (κ2) is 5.18. The van der Waals surface area contributed by atoms with Crippen LogP contribution in [0.25, 0.3) is 10.6 Å². The van der Waals surface area contributed by atoms with Crippen molar-refractivity contribution in [3.8, 4) is 10.6 Å². The van der Waals surface area contributed by atoms with E-state index < -0.39 is 0 Å². The van der Waals surface area contributed by atoms with Crippen molar-refractivity contribution in [3.05, 3.63) is 39.9 Å². The summed E-state index contributed by atoms with van der Waals surface area (Å²) in [6, 6.07) is 5.67. The predicted molar refractivity (Wildman–Crippen MR) is 79.4 cm³/mol. The number of hydrogen-bond acceptors (Lipinski definition) is 6. The van der Waals surface area contributed by atoms with Crippen LogP contribution >= 0.6 is 22.7 Å². The fourth-order valence-electron chi connectivity index (χ4n) is 1.65. The number of rotatable bonds is 3. The first-order valence-corrected chi connectivity index (χ1v) is 7.58. The van der Waals surface area contributed by atoms with Gasteiger partial charge in [0.2, 0.25) is 0 Å². The molecule has 0 aliphatic carbocycles. The first-order valence-electron chi connectivity index (χ1n) is 5.89. The molecule has 102 valence electrons. The fourth-order valence-corrected chi connectivity index (χ4v) is 3.26. The molecule has 0 saturated heterocycles. The van der Waals surface area contributed by atoms with Crippen molar-refractivity contribution in [3.63, 3.8) is 0 Å². The predicted octanol–water partition coefficient (Wildman–Crippen LogP) is 3.73. The Morgan fingerprint density at radius 2 is 2.20 bits per heavy atom. The van der Waals surface area contributed by atoms with Crippen molar-refractivity contribution >= 4 is 33.7 Å². The lowest BCUT2D eigenvalue weighted by Crippen LogP contribution is -2.11.